The van der Waals surface area contributed by atoms with Crippen molar-refractivity contribution in [3.63, 3.8) is 0 Å². The Hall–Kier alpha value is -2.61. The minimum atomic E-state index is -0.408. The molecule has 7 nitrogen and oxygen atoms in total. The highest BCUT2D eigenvalue weighted by Crippen LogP contribution is 2.32. The van der Waals surface area contributed by atoms with Gasteiger partial charge in [0.15, 0.2) is 0 Å². The van der Waals surface area contributed by atoms with Crippen LogP contribution in [0.25, 0.3) is 10.6 Å². The van der Waals surface area contributed by atoms with Crippen LogP contribution >= 0.6 is 11.3 Å². The molecule has 0 bridgehead atoms. The highest BCUT2D eigenvalue weighted by Gasteiger charge is 2.31. The molecule has 1 saturated heterocycles. The van der Waals surface area contributed by atoms with E-state index in [9.17, 15) is 9.59 Å². The second-order valence-corrected chi connectivity index (χ2v) is 7.01. The Kier molecular flexibility index (Phi) is 5.72. The van der Waals surface area contributed by atoms with Gasteiger partial charge in [0.05, 0.1) is 19.2 Å². The van der Waals surface area contributed by atoms with Crippen molar-refractivity contribution in [2.75, 3.05) is 20.2 Å². The molecule has 0 saturated carbocycles. The summed E-state index contributed by atoms with van der Waals surface area (Å²) in [5.74, 6) is 0.674. The first kappa shape index (κ1) is 18.2. The molecule has 1 aromatic heterocycles. The number of urea groups is 1. The van der Waals surface area contributed by atoms with Crippen LogP contribution in [0.3, 0.4) is 0 Å². The summed E-state index contributed by atoms with van der Waals surface area (Å²) in [7, 11) is 1.63. The second-order valence-electron chi connectivity index (χ2n) is 5.90. The average Bonchev–Trinajstić information content (AvgIpc) is 3.14. The molecule has 1 fully saturated rings. The normalized spacial score (nSPS) is 16.9. The maximum absolute atomic E-state index is 12.5. The molecule has 0 aliphatic carbocycles. The number of hydrogen-bond acceptors (Lipinski definition) is 5. The molecule has 2 N–H and O–H groups in total. The van der Waals surface area contributed by atoms with Gasteiger partial charge in [0.1, 0.15) is 16.8 Å². The number of carbonyl (C=O) groups excluding carboxylic acids is 2. The van der Waals surface area contributed by atoms with Crippen LogP contribution in [0.5, 0.6) is 5.75 Å². The summed E-state index contributed by atoms with van der Waals surface area (Å²) in [6.07, 6.45) is 2.35. The standard InChI is InChI=1S/C18H22N4O3S/c1-3-14-16(23)19-8-9-22(14)18(24)21-11-12-10-20-17(26-12)13-6-4-5-7-15(13)25-2/h4-7,10,14H,3,8-9,11H2,1-2H3,(H,19,23)(H,21,24). The van der Waals surface area contributed by atoms with Crippen LogP contribution < -0.4 is 15.4 Å². The molecular weight excluding hydrogens is 352 g/mol. The predicted octanol–water partition coefficient (Wildman–Crippen LogP) is 2.24. The van der Waals surface area contributed by atoms with Crippen LogP contribution in [0, 0.1) is 0 Å². The fourth-order valence-corrected chi connectivity index (χ4v) is 3.85. The van der Waals surface area contributed by atoms with E-state index < -0.39 is 6.04 Å². The SMILES string of the molecule is CCC1C(=O)NCCN1C(=O)NCc1cnc(-c2ccccc2OC)s1. The Balaban J connectivity index is 1.64. The van der Waals surface area contributed by atoms with Gasteiger partial charge in [-0.2, -0.15) is 0 Å². The van der Waals surface area contributed by atoms with Crippen molar-refractivity contribution in [2.45, 2.75) is 25.9 Å². The summed E-state index contributed by atoms with van der Waals surface area (Å²) >= 11 is 1.51. The first-order valence-electron chi connectivity index (χ1n) is 8.54. The highest BCUT2D eigenvalue weighted by atomic mass is 32.1. The lowest BCUT2D eigenvalue weighted by Gasteiger charge is -2.34. The van der Waals surface area contributed by atoms with Gasteiger partial charge in [-0.05, 0) is 18.6 Å². The van der Waals surface area contributed by atoms with Gasteiger partial charge in [-0.15, -0.1) is 11.3 Å². The summed E-state index contributed by atoms with van der Waals surface area (Å²) in [6, 6.07) is 7.07. The molecule has 1 aromatic carbocycles. The lowest BCUT2D eigenvalue weighted by Crippen LogP contribution is -2.59. The fraction of sp³-hybridized carbons (Fsp3) is 0.389. The van der Waals surface area contributed by atoms with E-state index in [1.54, 1.807) is 18.2 Å². The summed E-state index contributed by atoms with van der Waals surface area (Å²) < 4.78 is 5.37. The summed E-state index contributed by atoms with van der Waals surface area (Å²) in [5.41, 5.74) is 0.927. The molecule has 2 heterocycles. The molecule has 8 heteroatoms. The average molecular weight is 374 g/mol. The van der Waals surface area contributed by atoms with E-state index in [-0.39, 0.29) is 11.9 Å². The van der Waals surface area contributed by atoms with Crippen molar-refractivity contribution in [3.8, 4) is 16.3 Å². The van der Waals surface area contributed by atoms with Crippen molar-refractivity contribution in [3.05, 3.63) is 35.3 Å². The van der Waals surface area contributed by atoms with Crippen molar-refractivity contribution in [1.29, 1.82) is 0 Å². The second kappa shape index (κ2) is 8.18. The topological polar surface area (TPSA) is 83.6 Å². The molecule has 1 aliphatic heterocycles. The zero-order valence-corrected chi connectivity index (χ0v) is 15.6. The minimum Gasteiger partial charge on any atom is -0.496 e. The molecule has 2 aromatic rings. The number of carbonyl (C=O) groups is 2. The number of piperazine rings is 1. The van der Waals surface area contributed by atoms with Crippen LogP contribution in [0.2, 0.25) is 0 Å². The summed E-state index contributed by atoms with van der Waals surface area (Å²) in [4.78, 5) is 31.3. The van der Waals surface area contributed by atoms with Crippen LogP contribution in [-0.2, 0) is 11.3 Å². The molecule has 26 heavy (non-hydrogen) atoms. The number of nitrogens with zero attached hydrogens (tertiary/aromatic N) is 2. The third-order valence-corrected chi connectivity index (χ3v) is 5.31. The van der Waals surface area contributed by atoms with Crippen LogP contribution in [-0.4, -0.2) is 48.1 Å². The number of para-hydroxylation sites is 1. The van der Waals surface area contributed by atoms with Crippen LogP contribution in [0.15, 0.2) is 30.5 Å². The van der Waals surface area contributed by atoms with Crippen LogP contribution in [0.4, 0.5) is 4.79 Å². The van der Waals surface area contributed by atoms with E-state index in [0.717, 1.165) is 21.2 Å². The Bertz CT molecular complexity index is 792. The molecule has 0 radical (unpaired) electrons. The Morgan fingerprint density at radius 2 is 2.27 bits per heavy atom. The van der Waals surface area contributed by atoms with Gasteiger partial charge in [0.25, 0.3) is 0 Å². The molecule has 1 aliphatic rings. The number of nitrogens with one attached hydrogen (secondary N) is 2. The van der Waals surface area contributed by atoms with Gasteiger partial charge in [0, 0.05) is 24.2 Å². The van der Waals surface area contributed by atoms with Crippen molar-refractivity contribution in [1.82, 2.24) is 20.5 Å². The maximum Gasteiger partial charge on any atom is 0.318 e. The number of thiazole rings is 1. The largest absolute Gasteiger partial charge is 0.496 e. The smallest absolute Gasteiger partial charge is 0.318 e. The van der Waals surface area contributed by atoms with Crippen molar-refractivity contribution >= 4 is 23.3 Å². The van der Waals surface area contributed by atoms with Gasteiger partial charge in [-0.25, -0.2) is 9.78 Å². The first-order valence-corrected chi connectivity index (χ1v) is 9.36. The molecule has 0 spiro atoms. The third kappa shape index (κ3) is 3.80. The van der Waals surface area contributed by atoms with Crippen LogP contribution in [0.1, 0.15) is 18.2 Å². The summed E-state index contributed by atoms with van der Waals surface area (Å²) in [6.45, 7) is 3.28. The number of ether oxygens (including phenoxy) is 1. The Labute approximate surface area is 156 Å². The van der Waals surface area contributed by atoms with Crippen molar-refractivity contribution < 1.29 is 14.3 Å². The van der Waals surface area contributed by atoms with E-state index in [2.05, 4.69) is 15.6 Å². The molecule has 3 amide bonds. The minimum absolute atomic E-state index is 0.0925. The molecule has 138 valence electrons. The molecule has 1 unspecified atom stereocenters. The quantitative estimate of drug-likeness (QED) is 0.841. The fourth-order valence-electron chi connectivity index (χ4n) is 2.96. The number of amides is 3. The van der Waals surface area contributed by atoms with E-state index in [4.69, 9.17) is 4.74 Å². The first-order chi connectivity index (χ1) is 12.6. The monoisotopic (exact) mass is 374 g/mol. The van der Waals surface area contributed by atoms with Gasteiger partial charge >= 0.3 is 6.03 Å². The van der Waals surface area contributed by atoms with Gasteiger partial charge < -0.3 is 20.3 Å². The summed E-state index contributed by atoms with van der Waals surface area (Å²) in [5, 5.41) is 6.53. The number of rotatable bonds is 5. The highest BCUT2D eigenvalue weighted by molar-refractivity contribution is 7.15. The maximum atomic E-state index is 12.5. The van der Waals surface area contributed by atoms with Gasteiger partial charge in [-0.1, -0.05) is 19.1 Å². The zero-order chi connectivity index (χ0) is 18.5. The molecule has 1 atom stereocenters. The van der Waals surface area contributed by atoms with Gasteiger partial charge in [0.2, 0.25) is 5.91 Å². The zero-order valence-electron chi connectivity index (χ0n) is 14.8. The molecule has 3 rings (SSSR count). The number of aromatic nitrogens is 1. The van der Waals surface area contributed by atoms with Gasteiger partial charge in [-0.3, -0.25) is 4.79 Å². The Morgan fingerprint density at radius 1 is 1.46 bits per heavy atom. The third-order valence-electron chi connectivity index (χ3n) is 4.28. The van der Waals surface area contributed by atoms with E-state index in [1.807, 2.05) is 31.2 Å². The van der Waals surface area contributed by atoms with E-state index in [0.29, 0.717) is 26.1 Å². The number of hydrogen-bond donors (Lipinski definition) is 2. The Morgan fingerprint density at radius 3 is 3.04 bits per heavy atom. The lowest BCUT2D eigenvalue weighted by atomic mass is 10.1. The number of methoxy groups -OCH3 is 1. The lowest BCUT2D eigenvalue weighted by molar-refractivity contribution is -0.127. The number of benzene rings is 1. The van der Waals surface area contributed by atoms with E-state index in [1.165, 1.54) is 11.3 Å². The van der Waals surface area contributed by atoms with E-state index >= 15 is 0 Å². The predicted molar refractivity (Wildman–Crippen MR) is 100 cm³/mol. The molecular formula is C18H22N4O3S. The van der Waals surface area contributed by atoms with Crippen molar-refractivity contribution in [2.24, 2.45) is 0 Å².